The van der Waals surface area contributed by atoms with Crippen molar-refractivity contribution in [1.82, 2.24) is 0 Å². The van der Waals surface area contributed by atoms with E-state index in [0.29, 0.717) is 5.02 Å². The van der Waals surface area contributed by atoms with Crippen LogP contribution in [0, 0.1) is 0 Å². The minimum Gasteiger partial charge on any atom is -0.323 e. The van der Waals surface area contributed by atoms with Gasteiger partial charge in [0.2, 0.25) is 0 Å². The summed E-state index contributed by atoms with van der Waals surface area (Å²) in [7, 11) is 0. The average Bonchev–Trinajstić information content (AvgIpc) is 2.08. The van der Waals surface area contributed by atoms with Crippen LogP contribution in [0.5, 0.6) is 0 Å². The van der Waals surface area contributed by atoms with E-state index in [1.165, 1.54) is 0 Å². The van der Waals surface area contributed by atoms with Crippen molar-refractivity contribution >= 4 is 11.6 Å². The molecule has 0 aliphatic carbocycles. The molecule has 0 amide bonds. The number of benzene rings is 1. The Labute approximate surface area is 80.5 Å². The van der Waals surface area contributed by atoms with Crippen molar-refractivity contribution in [2.45, 2.75) is 18.9 Å². The van der Waals surface area contributed by atoms with E-state index in [2.05, 4.69) is 0 Å². The first kappa shape index (κ1) is 10.4. The number of alkyl halides is 2. The molecule has 0 bridgehead atoms. The molecule has 1 nitrogen and oxygen atoms in total. The fourth-order valence-corrected chi connectivity index (χ4v) is 1.11. The van der Waals surface area contributed by atoms with E-state index in [-0.39, 0.29) is 6.42 Å². The summed E-state index contributed by atoms with van der Waals surface area (Å²) in [6.07, 6.45) is -2.30. The van der Waals surface area contributed by atoms with Crippen molar-refractivity contribution in [1.29, 1.82) is 0 Å². The Bertz CT molecular complexity index is 261. The predicted molar refractivity (Wildman–Crippen MR) is 49.1 cm³/mol. The fraction of sp³-hybridized carbons (Fsp3) is 0.333. The molecule has 72 valence electrons. The molecular weight excluding hydrogens is 196 g/mol. The Morgan fingerprint density at radius 2 is 1.77 bits per heavy atom. The highest BCUT2D eigenvalue weighted by Crippen LogP contribution is 2.12. The average molecular weight is 206 g/mol. The second-order valence-electron chi connectivity index (χ2n) is 2.83. The molecular formula is C9H10ClF2N. The van der Waals surface area contributed by atoms with Crippen molar-refractivity contribution in [2.75, 3.05) is 0 Å². The molecule has 0 aromatic heterocycles. The molecule has 0 heterocycles. The predicted octanol–water partition coefficient (Wildman–Crippen LogP) is 2.47. The zero-order valence-electron chi connectivity index (χ0n) is 6.88. The van der Waals surface area contributed by atoms with Crippen LogP contribution >= 0.6 is 11.6 Å². The molecule has 1 aromatic carbocycles. The lowest BCUT2D eigenvalue weighted by Gasteiger charge is -2.09. The van der Waals surface area contributed by atoms with Crippen molar-refractivity contribution < 1.29 is 8.78 Å². The Kier molecular flexibility index (Phi) is 3.63. The molecule has 2 N–H and O–H groups in total. The third-order valence-electron chi connectivity index (χ3n) is 1.71. The summed E-state index contributed by atoms with van der Waals surface area (Å²) in [4.78, 5) is 0. The number of rotatable bonds is 3. The van der Waals surface area contributed by atoms with Gasteiger partial charge >= 0.3 is 0 Å². The maximum absolute atomic E-state index is 12.0. The van der Waals surface area contributed by atoms with E-state index in [1.54, 1.807) is 24.3 Å². The maximum Gasteiger partial charge on any atom is 0.253 e. The van der Waals surface area contributed by atoms with Crippen LogP contribution in [0.3, 0.4) is 0 Å². The molecule has 0 aliphatic heterocycles. The highest BCUT2D eigenvalue weighted by atomic mass is 35.5. The van der Waals surface area contributed by atoms with Crippen molar-refractivity contribution in [2.24, 2.45) is 5.73 Å². The number of hydrogen-bond acceptors (Lipinski definition) is 1. The topological polar surface area (TPSA) is 26.0 Å². The normalized spacial score (nSPS) is 13.3. The van der Waals surface area contributed by atoms with Gasteiger partial charge in [-0.25, -0.2) is 8.78 Å². The van der Waals surface area contributed by atoms with Gasteiger partial charge in [0.25, 0.3) is 6.43 Å². The fourth-order valence-electron chi connectivity index (χ4n) is 0.982. The molecule has 4 heteroatoms. The van der Waals surface area contributed by atoms with Gasteiger partial charge in [0, 0.05) is 5.02 Å². The van der Waals surface area contributed by atoms with Gasteiger partial charge in [0.1, 0.15) is 0 Å². The summed E-state index contributed by atoms with van der Waals surface area (Å²) in [5.74, 6) is 0. The molecule has 1 rings (SSSR count). The van der Waals surface area contributed by atoms with Crippen LogP contribution in [0.15, 0.2) is 24.3 Å². The van der Waals surface area contributed by atoms with E-state index in [4.69, 9.17) is 17.3 Å². The van der Waals surface area contributed by atoms with E-state index in [0.717, 1.165) is 5.56 Å². The Morgan fingerprint density at radius 1 is 1.23 bits per heavy atom. The first-order chi connectivity index (χ1) is 6.09. The zero-order chi connectivity index (χ0) is 9.84. The molecule has 0 radical (unpaired) electrons. The molecule has 0 saturated carbocycles. The molecule has 0 aliphatic rings. The largest absolute Gasteiger partial charge is 0.323 e. The lowest BCUT2D eigenvalue weighted by atomic mass is 10.1. The van der Waals surface area contributed by atoms with Gasteiger partial charge in [-0.3, -0.25) is 0 Å². The Balaban J connectivity index is 2.59. The van der Waals surface area contributed by atoms with Gasteiger partial charge in [-0.05, 0) is 24.1 Å². The van der Waals surface area contributed by atoms with Crippen molar-refractivity contribution in [3.8, 4) is 0 Å². The number of nitrogens with two attached hydrogens (primary N) is 1. The molecule has 0 spiro atoms. The van der Waals surface area contributed by atoms with Gasteiger partial charge < -0.3 is 5.73 Å². The highest BCUT2D eigenvalue weighted by molar-refractivity contribution is 6.30. The van der Waals surface area contributed by atoms with Gasteiger partial charge in [-0.1, -0.05) is 23.7 Å². The lowest BCUT2D eigenvalue weighted by Crippen LogP contribution is -2.30. The highest BCUT2D eigenvalue weighted by Gasteiger charge is 2.14. The summed E-state index contributed by atoms with van der Waals surface area (Å²) >= 11 is 5.63. The molecule has 0 saturated heterocycles. The monoisotopic (exact) mass is 205 g/mol. The van der Waals surface area contributed by atoms with Crippen LogP contribution in [0.1, 0.15) is 5.56 Å². The Hall–Kier alpha value is -0.670. The first-order valence-corrected chi connectivity index (χ1v) is 4.25. The molecule has 13 heavy (non-hydrogen) atoms. The van der Waals surface area contributed by atoms with E-state index in [9.17, 15) is 8.78 Å². The number of halogens is 3. The summed E-state index contributed by atoms with van der Waals surface area (Å²) in [5, 5.41) is 0.592. The first-order valence-electron chi connectivity index (χ1n) is 3.88. The minimum absolute atomic E-state index is 0.175. The maximum atomic E-state index is 12.0. The summed E-state index contributed by atoms with van der Waals surface area (Å²) in [6, 6.07) is 5.63. The smallest absolute Gasteiger partial charge is 0.253 e. The molecule has 1 unspecified atom stereocenters. The summed E-state index contributed by atoms with van der Waals surface area (Å²) in [5.41, 5.74) is 5.98. The number of hydrogen-bond donors (Lipinski definition) is 1. The minimum atomic E-state index is -2.48. The van der Waals surface area contributed by atoms with Crippen molar-refractivity contribution in [3.63, 3.8) is 0 Å². The van der Waals surface area contributed by atoms with Gasteiger partial charge in [-0.2, -0.15) is 0 Å². The molecule has 1 aromatic rings. The lowest BCUT2D eigenvalue weighted by molar-refractivity contribution is 0.116. The van der Waals surface area contributed by atoms with Crippen LogP contribution < -0.4 is 5.73 Å². The van der Waals surface area contributed by atoms with Gasteiger partial charge in [-0.15, -0.1) is 0 Å². The van der Waals surface area contributed by atoms with E-state index < -0.39 is 12.5 Å². The van der Waals surface area contributed by atoms with Gasteiger partial charge in [0.15, 0.2) is 0 Å². The zero-order valence-corrected chi connectivity index (χ0v) is 7.64. The van der Waals surface area contributed by atoms with Crippen LogP contribution in [-0.2, 0) is 6.42 Å². The second kappa shape index (κ2) is 4.53. The van der Waals surface area contributed by atoms with Crippen LogP contribution in [0.2, 0.25) is 5.02 Å². The SMILES string of the molecule is NC(Cc1ccc(Cl)cc1)C(F)F. The second-order valence-corrected chi connectivity index (χ2v) is 3.27. The van der Waals surface area contributed by atoms with Crippen LogP contribution in [0.25, 0.3) is 0 Å². The standard InChI is InChI=1S/C9H10ClF2N/c10-7-3-1-6(2-4-7)5-8(13)9(11)12/h1-4,8-9H,5,13H2. The third kappa shape index (κ3) is 3.28. The summed E-state index contributed by atoms with van der Waals surface area (Å²) in [6.45, 7) is 0. The van der Waals surface area contributed by atoms with Crippen LogP contribution in [-0.4, -0.2) is 12.5 Å². The quantitative estimate of drug-likeness (QED) is 0.806. The van der Waals surface area contributed by atoms with E-state index >= 15 is 0 Å². The van der Waals surface area contributed by atoms with Crippen LogP contribution in [0.4, 0.5) is 8.78 Å². The van der Waals surface area contributed by atoms with Crippen molar-refractivity contribution in [3.05, 3.63) is 34.9 Å². The molecule has 1 atom stereocenters. The molecule has 0 fully saturated rings. The summed E-state index contributed by atoms with van der Waals surface area (Å²) < 4.78 is 24.1. The van der Waals surface area contributed by atoms with Gasteiger partial charge in [0.05, 0.1) is 6.04 Å². The Morgan fingerprint density at radius 3 is 2.23 bits per heavy atom. The third-order valence-corrected chi connectivity index (χ3v) is 1.96. The van der Waals surface area contributed by atoms with E-state index in [1.807, 2.05) is 0 Å².